The van der Waals surface area contributed by atoms with Crippen LogP contribution in [0.25, 0.3) is 0 Å². The van der Waals surface area contributed by atoms with E-state index in [0.717, 1.165) is 0 Å². The zero-order valence-electron chi connectivity index (χ0n) is 9.21. The highest BCUT2D eigenvalue weighted by molar-refractivity contribution is 6.36. The lowest BCUT2D eigenvalue weighted by atomic mass is 10.2. The molecular weight excluding hydrogens is 247 g/mol. The third kappa shape index (κ3) is 3.37. The van der Waals surface area contributed by atoms with Gasteiger partial charge >= 0.3 is 0 Å². The Kier molecular flexibility index (Phi) is 4.59. The predicted molar refractivity (Wildman–Crippen MR) is 68.1 cm³/mol. The average molecular weight is 261 g/mol. The minimum Gasteiger partial charge on any atom is -0.327 e. The van der Waals surface area contributed by atoms with E-state index in [-0.39, 0.29) is 18.4 Å². The number of hydrogen-bond acceptors (Lipinski definition) is 2. The first-order chi connectivity index (χ1) is 7.41. The van der Waals surface area contributed by atoms with Crippen molar-refractivity contribution in [3.63, 3.8) is 0 Å². The standard InChI is InChI=1S/C11H14Cl2N2O/c1-7(14)5-11(16)15(2)10-4-3-8(12)6-9(10)13/h3-4,6-7H,5,14H2,1-2H3. The molecule has 0 bridgehead atoms. The molecule has 0 aromatic heterocycles. The molecule has 0 aliphatic heterocycles. The Labute approximate surface area is 105 Å². The summed E-state index contributed by atoms with van der Waals surface area (Å²) in [5, 5.41) is 0.995. The lowest BCUT2D eigenvalue weighted by Gasteiger charge is -2.19. The highest BCUT2D eigenvalue weighted by atomic mass is 35.5. The summed E-state index contributed by atoms with van der Waals surface area (Å²) in [4.78, 5) is 13.2. The molecule has 0 fully saturated rings. The SMILES string of the molecule is CC(N)CC(=O)N(C)c1ccc(Cl)cc1Cl. The monoisotopic (exact) mass is 260 g/mol. The summed E-state index contributed by atoms with van der Waals surface area (Å²) in [6.45, 7) is 1.79. The van der Waals surface area contributed by atoms with E-state index >= 15 is 0 Å². The molecular formula is C11H14Cl2N2O. The summed E-state index contributed by atoms with van der Waals surface area (Å²) in [5.41, 5.74) is 6.21. The molecule has 0 saturated carbocycles. The highest BCUT2D eigenvalue weighted by Gasteiger charge is 2.15. The third-order valence-corrected chi connectivity index (χ3v) is 2.68. The van der Waals surface area contributed by atoms with E-state index < -0.39 is 0 Å². The van der Waals surface area contributed by atoms with Crippen molar-refractivity contribution in [2.45, 2.75) is 19.4 Å². The Balaban J connectivity index is 2.87. The minimum absolute atomic E-state index is 0.0702. The van der Waals surface area contributed by atoms with Crippen molar-refractivity contribution < 1.29 is 4.79 Å². The quantitative estimate of drug-likeness (QED) is 0.909. The first-order valence-electron chi connectivity index (χ1n) is 4.89. The average Bonchev–Trinajstić information content (AvgIpc) is 2.15. The Morgan fingerprint density at radius 3 is 2.62 bits per heavy atom. The fraction of sp³-hybridized carbons (Fsp3) is 0.364. The largest absolute Gasteiger partial charge is 0.327 e. The maximum atomic E-state index is 11.7. The van der Waals surface area contributed by atoms with Crippen molar-refractivity contribution >= 4 is 34.8 Å². The number of hydrogen-bond donors (Lipinski definition) is 1. The Hall–Kier alpha value is -0.770. The van der Waals surface area contributed by atoms with E-state index in [1.165, 1.54) is 4.90 Å². The molecule has 0 aliphatic rings. The normalized spacial score (nSPS) is 12.3. The zero-order chi connectivity index (χ0) is 12.3. The lowest BCUT2D eigenvalue weighted by Crippen LogP contribution is -2.31. The van der Waals surface area contributed by atoms with Gasteiger partial charge in [0.25, 0.3) is 0 Å². The molecule has 0 saturated heterocycles. The van der Waals surface area contributed by atoms with Crippen LogP contribution >= 0.6 is 23.2 Å². The first kappa shape index (κ1) is 13.3. The van der Waals surface area contributed by atoms with Crippen LogP contribution in [0, 0.1) is 0 Å². The van der Waals surface area contributed by atoms with Crippen molar-refractivity contribution in [2.24, 2.45) is 5.73 Å². The molecule has 88 valence electrons. The van der Waals surface area contributed by atoms with Crippen LogP contribution in [0.3, 0.4) is 0 Å². The van der Waals surface area contributed by atoms with Crippen LogP contribution in [-0.4, -0.2) is 19.0 Å². The van der Waals surface area contributed by atoms with Gasteiger partial charge in [-0.15, -0.1) is 0 Å². The van der Waals surface area contributed by atoms with Gasteiger partial charge in [0.15, 0.2) is 0 Å². The van der Waals surface area contributed by atoms with E-state index in [1.54, 1.807) is 32.2 Å². The predicted octanol–water partition coefficient (Wildman–Crippen LogP) is 2.69. The van der Waals surface area contributed by atoms with Crippen molar-refractivity contribution in [1.29, 1.82) is 0 Å². The number of nitrogens with zero attached hydrogens (tertiary/aromatic N) is 1. The summed E-state index contributed by atoms with van der Waals surface area (Å²) < 4.78 is 0. The fourth-order valence-electron chi connectivity index (χ4n) is 1.30. The van der Waals surface area contributed by atoms with E-state index in [2.05, 4.69) is 0 Å². The van der Waals surface area contributed by atoms with Gasteiger partial charge in [0.2, 0.25) is 5.91 Å². The summed E-state index contributed by atoms with van der Waals surface area (Å²) >= 11 is 11.8. The molecule has 2 N–H and O–H groups in total. The number of rotatable bonds is 3. The van der Waals surface area contributed by atoms with Gasteiger partial charge in [-0.25, -0.2) is 0 Å². The number of carbonyl (C=O) groups is 1. The number of benzene rings is 1. The van der Waals surface area contributed by atoms with E-state index in [4.69, 9.17) is 28.9 Å². The first-order valence-corrected chi connectivity index (χ1v) is 5.64. The van der Waals surface area contributed by atoms with Gasteiger partial charge in [-0.05, 0) is 25.1 Å². The minimum atomic E-state index is -0.166. The van der Waals surface area contributed by atoms with Gasteiger partial charge < -0.3 is 10.6 Å². The molecule has 16 heavy (non-hydrogen) atoms. The van der Waals surface area contributed by atoms with E-state index in [1.807, 2.05) is 0 Å². The van der Waals surface area contributed by atoms with Crippen molar-refractivity contribution in [3.05, 3.63) is 28.2 Å². The maximum absolute atomic E-state index is 11.7. The van der Waals surface area contributed by atoms with Crippen LogP contribution in [0.15, 0.2) is 18.2 Å². The third-order valence-electron chi connectivity index (χ3n) is 2.14. The van der Waals surface area contributed by atoms with E-state index in [0.29, 0.717) is 15.7 Å². The van der Waals surface area contributed by atoms with Crippen LogP contribution in [-0.2, 0) is 4.79 Å². The molecule has 0 spiro atoms. The van der Waals surface area contributed by atoms with Gasteiger partial charge in [0.05, 0.1) is 10.7 Å². The highest BCUT2D eigenvalue weighted by Crippen LogP contribution is 2.28. The van der Waals surface area contributed by atoms with E-state index in [9.17, 15) is 4.79 Å². The topological polar surface area (TPSA) is 46.3 Å². The molecule has 1 aromatic rings. The van der Waals surface area contributed by atoms with Crippen molar-refractivity contribution in [3.8, 4) is 0 Å². The molecule has 5 heteroatoms. The molecule has 1 atom stereocenters. The number of nitrogens with two attached hydrogens (primary N) is 1. The van der Waals surface area contributed by atoms with Crippen LogP contribution in [0.5, 0.6) is 0 Å². The number of amides is 1. The molecule has 1 unspecified atom stereocenters. The number of anilines is 1. The second-order valence-electron chi connectivity index (χ2n) is 3.73. The number of carbonyl (C=O) groups excluding carboxylic acids is 1. The zero-order valence-corrected chi connectivity index (χ0v) is 10.7. The maximum Gasteiger partial charge on any atom is 0.228 e. The molecule has 1 rings (SSSR count). The molecule has 1 amide bonds. The molecule has 1 aromatic carbocycles. The van der Waals surface area contributed by atoms with Gasteiger partial charge in [-0.2, -0.15) is 0 Å². The Morgan fingerprint density at radius 2 is 2.12 bits per heavy atom. The summed E-state index contributed by atoms with van der Waals surface area (Å²) in [6.07, 6.45) is 0.287. The molecule has 0 aliphatic carbocycles. The van der Waals surface area contributed by atoms with Gasteiger partial charge in [-0.3, -0.25) is 4.79 Å². The number of halogens is 2. The summed E-state index contributed by atoms with van der Waals surface area (Å²) in [6, 6.07) is 4.84. The Morgan fingerprint density at radius 1 is 1.50 bits per heavy atom. The van der Waals surface area contributed by atoms with Crippen LogP contribution in [0.1, 0.15) is 13.3 Å². The molecule has 0 heterocycles. The van der Waals surface area contributed by atoms with Crippen LogP contribution < -0.4 is 10.6 Å². The smallest absolute Gasteiger partial charge is 0.228 e. The molecule has 0 radical (unpaired) electrons. The van der Waals surface area contributed by atoms with Gasteiger partial charge in [0.1, 0.15) is 0 Å². The van der Waals surface area contributed by atoms with Crippen LogP contribution in [0.4, 0.5) is 5.69 Å². The second-order valence-corrected chi connectivity index (χ2v) is 4.57. The van der Waals surface area contributed by atoms with Crippen LogP contribution in [0.2, 0.25) is 10.0 Å². The lowest BCUT2D eigenvalue weighted by molar-refractivity contribution is -0.118. The van der Waals surface area contributed by atoms with Gasteiger partial charge in [0, 0.05) is 24.5 Å². The Bertz CT molecular complexity index is 394. The summed E-state index contributed by atoms with van der Waals surface area (Å²) in [7, 11) is 1.67. The fourth-order valence-corrected chi connectivity index (χ4v) is 1.84. The van der Waals surface area contributed by atoms with Gasteiger partial charge in [-0.1, -0.05) is 23.2 Å². The second kappa shape index (κ2) is 5.53. The van der Waals surface area contributed by atoms with Crippen molar-refractivity contribution in [2.75, 3.05) is 11.9 Å². The summed E-state index contributed by atoms with van der Waals surface area (Å²) in [5.74, 6) is -0.0702. The molecule has 3 nitrogen and oxygen atoms in total. The van der Waals surface area contributed by atoms with Crippen molar-refractivity contribution in [1.82, 2.24) is 0 Å².